The Bertz CT molecular complexity index is 1230. The minimum absolute atomic E-state index is 0.0107. The van der Waals surface area contributed by atoms with Gasteiger partial charge in [0, 0.05) is 25.9 Å². The zero-order valence-electron chi connectivity index (χ0n) is 16.9. The summed E-state index contributed by atoms with van der Waals surface area (Å²) in [7, 11) is 3.45. The summed E-state index contributed by atoms with van der Waals surface area (Å²) in [6.07, 6.45) is 9.35. The van der Waals surface area contributed by atoms with E-state index >= 15 is 0 Å². The summed E-state index contributed by atoms with van der Waals surface area (Å²) in [6, 6.07) is 13.1. The minimum atomic E-state index is -0.0107. The van der Waals surface area contributed by atoms with Gasteiger partial charge in [0.15, 0.2) is 17.3 Å². The van der Waals surface area contributed by atoms with Gasteiger partial charge >= 0.3 is 0 Å². The molecule has 2 aromatic carbocycles. The van der Waals surface area contributed by atoms with Crippen molar-refractivity contribution in [1.82, 2.24) is 14.1 Å². The van der Waals surface area contributed by atoms with E-state index in [2.05, 4.69) is 15.6 Å². The number of fused-ring (bicyclic) bond motifs is 1. The number of aryl methyl sites for hydroxylation is 1. The standard InChI is InChI=1S/C24H23N3O3/c1-26-14-20(25-16-26)15-27-11-10-18-4-3-5-19(24(18)27)13-21(28)8-6-17-7-9-23(30-2)22(29)12-17/h3-12,14,16,29H,13,15H2,1-2H3/b8-6+. The van der Waals surface area contributed by atoms with Crippen molar-refractivity contribution < 1.29 is 14.6 Å². The fourth-order valence-electron chi connectivity index (χ4n) is 3.58. The summed E-state index contributed by atoms with van der Waals surface area (Å²) >= 11 is 0. The van der Waals surface area contributed by atoms with Gasteiger partial charge in [-0.15, -0.1) is 0 Å². The molecule has 0 fully saturated rings. The minimum Gasteiger partial charge on any atom is -0.504 e. The molecule has 0 aliphatic carbocycles. The van der Waals surface area contributed by atoms with Gasteiger partial charge in [0.25, 0.3) is 0 Å². The molecule has 0 aliphatic heterocycles. The lowest BCUT2D eigenvalue weighted by Gasteiger charge is -2.08. The number of aromatic nitrogens is 3. The maximum absolute atomic E-state index is 12.6. The van der Waals surface area contributed by atoms with Crippen LogP contribution in [0.2, 0.25) is 0 Å². The molecule has 30 heavy (non-hydrogen) atoms. The fourth-order valence-corrected chi connectivity index (χ4v) is 3.58. The second-order valence-corrected chi connectivity index (χ2v) is 7.24. The van der Waals surface area contributed by atoms with E-state index in [1.807, 2.05) is 42.2 Å². The third-order valence-electron chi connectivity index (χ3n) is 4.99. The first kappa shape index (κ1) is 19.5. The quantitative estimate of drug-likeness (QED) is 0.476. The molecule has 0 atom stereocenters. The van der Waals surface area contributed by atoms with E-state index < -0.39 is 0 Å². The molecular weight excluding hydrogens is 378 g/mol. The molecule has 2 aromatic heterocycles. The van der Waals surface area contributed by atoms with Crippen molar-refractivity contribution in [2.75, 3.05) is 7.11 Å². The van der Waals surface area contributed by atoms with E-state index in [4.69, 9.17) is 4.74 Å². The van der Waals surface area contributed by atoms with Crippen molar-refractivity contribution in [3.8, 4) is 11.5 Å². The third-order valence-corrected chi connectivity index (χ3v) is 4.99. The van der Waals surface area contributed by atoms with Gasteiger partial charge < -0.3 is 19.0 Å². The number of benzene rings is 2. The highest BCUT2D eigenvalue weighted by molar-refractivity contribution is 5.97. The van der Waals surface area contributed by atoms with Crippen LogP contribution in [0.5, 0.6) is 11.5 Å². The first-order chi connectivity index (χ1) is 14.5. The van der Waals surface area contributed by atoms with Crippen molar-refractivity contribution in [2.24, 2.45) is 7.05 Å². The van der Waals surface area contributed by atoms with Gasteiger partial charge in [-0.2, -0.15) is 0 Å². The van der Waals surface area contributed by atoms with Crippen LogP contribution in [0.4, 0.5) is 0 Å². The summed E-state index contributed by atoms with van der Waals surface area (Å²) in [5, 5.41) is 11.0. The summed E-state index contributed by atoms with van der Waals surface area (Å²) < 4.78 is 9.10. The number of hydrogen-bond donors (Lipinski definition) is 1. The normalized spacial score (nSPS) is 11.4. The number of carbonyl (C=O) groups excluding carboxylic acids is 1. The van der Waals surface area contributed by atoms with Gasteiger partial charge in [-0.3, -0.25) is 4.79 Å². The number of ketones is 1. The van der Waals surface area contributed by atoms with Crippen LogP contribution in [0.1, 0.15) is 16.8 Å². The molecule has 4 aromatic rings. The summed E-state index contributed by atoms with van der Waals surface area (Å²) in [4.78, 5) is 17.0. The molecule has 0 bridgehead atoms. The lowest BCUT2D eigenvalue weighted by molar-refractivity contribution is -0.113. The average molecular weight is 401 g/mol. The van der Waals surface area contributed by atoms with Crippen LogP contribution in [-0.4, -0.2) is 32.1 Å². The third kappa shape index (κ3) is 4.12. The molecule has 0 saturated carbocycles. The monoisotopic (exact) mass is 401 g/mol. The van der Waals surface area contributed by atoms with Crippen molar-refractivity contribution in [3.05, 3.63) is 84.1 Å². The van der Waals surface area contributed by atoms with Gasteiger partial charge in [0.05, 0.1) is 31.2 Å². The maximum atomic E-state index is 12.6. The molecule has 0 unspecified atom stereocenters. The summed E-state index contributed by atoms with van der Waals surface area (Å²) in [5.74, 6) is 0.437. The number of imidazole rings is 1. The van der Waals surface area contributed by atoms with Gasteiger partial charge in [-0.1, -0.05) is 30.3 Å². The molecule has 0 amide bonds. The molecule has 1 N–H and O–H groups in total. The SMILES string of the molecule is COc1ccc(/C=C/C(=O)Cc2cccc3ccn(Cc4cn(C)cn4)c23)cc1O. The van der Waals surface area contributed by atoms with E-state index in [0.29, 0.717) is 18.7 Å². The molecule has 4 rings (SSSR count). The van der Waals surface area contributed by atoms with Crippen LogP contribution in [0.15, 0.2) is 67.3 Å². The Kier molecular flexibility index (Phi) is 5.39. The zero-order valence-corrected chi connectivity index (χ0v) is 16.9. The smallest absolute Gasteiger partial charge is 0.160 e. The van der Waals surface area contributed by atoms with E-state index in [9.17, 15) is 9.90 Å². The van der Waals surface area contributed by atoms with Crippen LogP contribution in [0, 0.1) is 0 Å². The number of para-hydroxylation sites is 1. The largest absolute Gasteiger partial charge is 0.504 e. The van der Waals surface area contributed by atoms with Crippen molar-refractivity contribution >= 4 is 22.8 Å². The van der Waals surface area contributed by atoms with Crippen molar-refractivity contribution in [2.45, 2.75) is 13.0 Å². The summed E-state index contributed by atoms with van der Waals surface area (Å²) in [5.41, 5.74) is 3.72. The Labute approximate surface area is 174 Å². The predicted molar refractivity (Wildman–Crippen MR) is 117 cm³/mol. The van der Waals surface area contributed by atoms with E-state index in [-0.39, 0.29) is 11.5 Å². The lowest BCUT2D eigenvalue weighted by Crippen LogP contribution is -2.04. The zero-order chi connectivity index (χ0) is 21.1. The molecular formula is C24H23N3O3. The number of carbonyl (C=O) groups is 1. The van der Waals surface area contributed by atoms with Crippen LogP contribution >= 0.6 is 0 Å². The highest BCUT2D eigenvalue weighted by atomic mass is 16.5. The highest BCUT2D eigenvalue weighted by Crippen LogP contribution is 2.27. The Morgan fingerprint density at radius 2 is 2.10 bits per heavy atom. The molecule has 6 nitrogen and oxygen atoms in total. The number of nitrogens with zero attached hydrogens (tertiary/aromatic N) is 3. The van der Waals surface area contributed by atoms with Crippen molar-refractivity contribution in [3.63, 3.8) is 0 Å². The number of hydrogen-bond acceptors (Lipinski definition) is 4. The van der Waals surface area contributed by atoms with Gasteiger partial charge in [-0.25, -0.2) is 4.98 Å². The van der Waals surface area contributed by atoms with Crippen LogP contribution in [0.25, 0.3) is 17.0 Å². The van der Waals surface area contributed by atoms with Crippen LogP contribution < -0.4 is 4.74 Å². The topological polar surface area (TPSA) is 69.3 Å². The average Bonchev–Trinajstić information content (AvgIpc) is 3.33. The molecule has 0 aliphatic rings. The first-order valence-corrected chi connectivity index (χ1v) is 9.65. The van der Waals surface area contributed by atoms with E-state index in [0.717, 1.165) is 27.7 Å². The Hall–Kier alpha value is -3.80. The molecule has 0 radical (unpaired) electrons. The van der Waals surface area contributed by atoms with Crippen LogP contribution in [0.3, 0.4) is 0 Å². The number of rotatable bonds is 7. The summed E-state index contributed by atoms with van der Waals surface area (Å²) in [6.45, 7) is 0.649. The highest BCUT2D eigenvalue weighted by Gasteiger charge is 2.11. The number of phenols is 1. The van der Waals surface area contributed by atoms with E-state index in [1.54, 1.807) is 36.7 Å². The number of methoxy groups -OCH3 is 1. The molecule has 0 spiro atoms. The Balaban J connectivity index is 1.55. The van der Waals surface area contributed by atoms with Crippen molar-refractivity contribution in [1.29, 1.82) is 0 Å². The molecule has 0 saturated heterocycles. The fraction of sp³-hybridized carbons (Fsp3) is 0.167. The van der Waals surface area contributed by atoms with Crippen LogP contribution in [-0.2, 0) is 24.8 Å². The number of allylic oxidation sites excluding steroid dienone is 1. The van der Waals surface area contributed by atoms with Gasteiger partial charge in [0.1, 0.15) is 0 Å². The Morgan fingerprint density at radius 1 is 1.23 bits per heavy atom. The lowest BCUT2D eigenvalue weighted by atomic mass is 10.0. The number of ether oxygens (including phenoxy) is 1. The van der Waals surface area contributed by atoms with E-state index in [1.165, 1.54) is 7.11 Å². The first-order valence-electron chi connectivity index (χ1n) is 9.65. The second kappa shape index (κ2) is 8.29. The number of phenolic OH excluding ortho intramolecular Hbond substituents is 1. The number of aromatic hydroxyl groups is 1. The molecule has 6 heteroatoms. The predicted octanol–water partition coefficient (Wildman–Crippen LogP) is 3.96. The van der Waals surface area contributed by atoms with Gasteiger partial charge in [0.2, 0.25) is 0 Å². The molecule has 152 valence electrons. The molecule has 2 heterocycles. The maximum Gasteiger partial charge on any atom is 0.160 e. The van der Waals surface area contributed by atoms with Gasteiger partial charge in [-0.05, 0) is 40.8 Å². The second-order valence-electron chi connectivity index (χ2n) is 7.24. The Morgan fingerprint density at radius 3 is 2.83 bits per heavy atom.